The molecule has 1 aromatic carbocycles. The molecule has 0 bridgehead atoms. The van der Waals surface area contributed by atoms with Crippen molar-refractivity contribution in [1.29, 1.82) is 0 Å². The molecule has 0 saturated carbocycles. The third-order valence-corrected chi connectivity index (χ3v) is 4.97. The highest BCUT2D eigenvalue weighted by molar-refractivity contribution is 8.14. The lowest BCUT2D eigenvalue weighted by molar-refractivity contribution is -0.402. The van der Waals surface area contributed by atoms with Gasteiger partial charge in [0, 0.05) is 11.0 Å². The van der Waals surface area contributed by atoms with E-state index < -0.39 is 11.1 Å². The molecule has 9 nitrogen and oxygen atoms in total. The Bertz CT molecular complexity index is 1180. The van der Waals surface area contributed by atoms with Gasteiger partial charge in [0.05, 0.1) is 11.4 Å². The molecule has 4 rings (SSSR count). The summed E-state index contributed by atoms with van der Waals surface area (Å²) in [6.07, 6.45) is 4.35. The van der Waals surface area contributed by atoms with Crippen molar-refractivity contribution in [2.45, 2.75) is 6.17 Å². The van der Waals surface area contributed by atoms with Crippen molar-refractivity contribution in [3.63, 3.8) is 0 Å². The van der Waals surface area contributed by atoms with Crippen LogP contribution in [-0.2, 0) is 4.79 Å². The van der Waals surface area contributed by atoms with E-state index in [9.17, 15) is 14.9 Å². The monoisotopic (exact) mass is 409 g/mol. The summed E-state index contributed by atoms with van der Waals surface area (Å²) in [5.74, 6) is 0.272. The van der Waals surface area contributed by atoms with E-state index in [0.29, 0.717) is 33.0 Å². The van der Waals surface area contributed by atoms with E-state index in [-0.39, 0.29) is 11.8 Å². The fourth-order valence-corrected chi connectivity index (χ4v) is 3.48. The van der Waals surface area contributed by atoms with E-state index in [1.807, 2.05) is 24.3 Å². The molecule has 1 aromatic heterocycles. The maximum absolute atomic E-state index is 12.8. The average molecular weight is 409 g/mol. The lowest BCUT2D eigenvalue weighted by Gasteiger charge is -2.32. The summed E-state index contributed by atoms with van der Waals surface area (Å²) < 4.78 is 5.15. The zero-order valence-corrected chi connectivity index (χ0v) is 15.8. The molecule has 2 aliphatic heterocycles. The number of hydrogen-bond donors (Lipinski definition) is 1. The highest BCUT2D eigenvalue weighted by Crippen LogP contribution is 2.23. The largest absolute Gasteiger partial charge is 0.433 e. The van der Waals surface area contributed by atoms with E-state index in [0.717, 1.165) is 0 Å². The van der Waals surface area contributed by atoms with E-state index in [1.165, 1.54) is 23.9 Å². The standard InChI is InChI=1S/C19H15N5O4S/c1-2-11-29-19-21-18(25)17-13-5-3-4-6-14(13)20-15(23(17)22-19)9-7-12-8-10-16(28-12)24(26)27/h2-10,15H,1,11H2,(H,21,22,25)/b9-7+/t15-/m1/s1. The summed E-state index contributed by atoms with van der Waals surface area (Å²) >= 11 is 1.35. The number of thioether (sulfide) groups is 1. The van der Waals surface area contributed by atoms with Crippen LogP contribution in [0.1, 0.15) is 5.76 Å². The number of furan rings is 1. The average Bonchev–Trinajstić information content (AvgIpc) is 3.19. The highest BCUT2D eigenvalue weighted by atomic mass is 32.2. The lowest BCUT2D eigenvalue weighted by atomic mass is 10.1. The fourth-order valence-electron chi connectivity index (χ4n) is 2.89. The van der Waals surface area contributed by atoms with Crippen molar-refractivity contribution in [1.82, 2.24) is 10.3 Å². The molecule has 2 aliphatic rings. The number of nitrogens with one attached hydrogen (secondary N) is 1. The zero-order valence-electron chi connectivity index (χ0n) is 15.0. The molecule has 1 atom stereocenters. The van der Waals surface area contributed by atoms with Crippen molar-refractivity contribution in [2.24, 2.45) is 10.1 Å². The third kappa shape index (κ3) is 3.69. The Kier molecular flexibility index (Phi) is 5.00. The van der Waals surface area contributed by atoms with Gasteiger partial charge < -0.3 is 4.42 Å². The smallest absolute Gasteiger partial charge is 0.401 e. The van der Waals surface area contributed by atoms with E-state index in [2.05, 4.69) is 22.0 Å². The maximum atomic E-state index is 12.8. The van der Waals surface area contributed by atoms with Crippen LogP contribution in [0.5, 0.6) is 0 Å². The molecule has 29 heavy (non-hydrogen) atoms. The normalized spacial score (nSPS) is 17.9. The molecule has 2 aromatic rings. The number of amidine groups is 1. The van der Waals surface area contributed by atoms with Crippen LogP contribution < -0.4 is 15.9 Å². The number of carbonyl (C=O) groups is 1. The van der Waals surface area contributed by atoms with E-state index >= 15 is 0 Å². The Balaban J connectivity index is 1.75. The number of hydrogen-bond acceptors (Lipinski definition) is 8. The van der Waals surface area contributed by atoms with Crippen molar-refractivity contribution in [2.75, 3.05) is 5.75 Å². The van der Waals surface area contributed by atoms with Crippen molar-refractivity contribution >= 4 is 40.5 Å². The number of nitro groups is 1. The minimum atomic E-state index is -0.616. The van der Waals surface area contributed by atoms with Gasteiger partial charge in [0.15, 0.2) is 11.3 Å². The summed E-state index contributed by atoms with van der Waals surface area (Å²) in [6, 6.07) is 10.1. The molecule has 1 N–H and O–H groups in total. The Morgan fingerprint density at radius 3 is 2.93 bits per heavy atom. The SMILES string of the molecule is C=CCSC1=NN2C(=c3ccccc3=N[C@H]2/C=C/c2ccc([N+](=O)[O-])o2)C(=O)N1. The Labute approximate surface area is 168 Å². The summed E-state index contributed by atoms with van der Waals surface area (Å²) in [4.78, 5) is 27.6. The van der Waals surface area contributed by atoms with Gasteiger partial charge in [-0.25, -0.2) is 5.01 Å². The van der Waals surface area contributed by atoms with Gasteiger partial charge in [-0.05, 0) is 24.3 Å². The number of amides is 1. The van der Waals surface area contributed by atoms with Gasteiger partial charge in [-0.15, -0.1) is 11.7 Å². The zero-order chi connectivity index (χ0) is 20.4. The minimum absolute atomic E-state index is 0.277. The topological polar surface area (TPSA) is 113 Å². The lowest BCUT2D eigenvalue weighted by Crippen LogP contribution is -2.52. The Morgan fingerprint density at radius 2 is 2.17 bits per heavy atom. The van der Waals surface area contributed by atoms with Gasteiger partial charge in [0.1, 0.15) is 16.4 Å². The van der Waals surface area contributed by atoms with Crippen molar-refractivity contribution in [3.8, 4) is 0 Å². The van der Waals surface area contributed by atoms with Gasteiger partial charge >= 0.3 is 5.88 Å². The van der Waals surface area contributed by atoms with E-state index in [1.54, 1.807) is 23.2 Å². The van der Waals surface area contributed by atoms with Crippen LogP contribution in [0.25, 0.3) is 11.8 Å². The molecular weight excluding hydrogens is 394 g/mol. The number of hydrazone groups is 1. The summed E-state index contributed by atoms with van der Waals surface area (Å²) in [7, 11) is 0. The van der Waals surface area contributed by atoms with Crippen LogP contribution in [0, 0.1) is 10.1 Å². The summed E-state index contributed by atoms with van der Waals surface area (Å²) in [5, 5.41) is 21.4. The molecule has 0 radical (unpaired) electrons. The number of carbonyl (C=O) groups excluding carboxylic acids is 1. The number of nitrogens with zero attached hydrogens (tertiary/aromatic N) is 4. The predicted molar refractivity (Wildman–Crippen MR) is 109 cm³/mol. The highest BCUT2D eigenvalue weighted by Gasteiger charge is 2.32. The Hall–Kier alpha value is -3.66. The van der Waals surface area contributed by atoms with Crippen LogP contribution in [0.2, 0.25) is 0 Å². The second kappa shape index (κ2) is 7.76. The summed E-state index contributed by atoms with van der Waals surface area (Å²) in [6.45, 7) is 3.67. The molecule has 0 saturated heterocycles. The first-order chi connectivity index (χ1) is 14.1. The van der Waals surface area contributed by atoms with Gasteiger partial charge in [-0.3, -0.25) is 25.2 Å². The van der Waals surface area contributed by atoms with Crippen molar-refractivity contribution < 1.29 is 14.1 Å². The molecule has 10 heteroatoms. The van der Waals surface area contributed by atoms with Crippen LogP contribution in [-0.4, -0.2) is 32.9 Å². The number of benzene rings is 1. The minimum Gasteiger partial charge on any atom is -0.401 e. The molecule has 0 spiro atoms. The van der Waals surface area contributed by atoms with E-state index in [4.69, 9.17) is 4.42 Å². The van der Waals surface area contributed by atoms with Crippen LogP contribution in [0.3, 0.4) is 0 Å². The van der Waals surface area contributed by atoms with Gasteiger partial charge in [0.2, 0.25) is 0 Å². The first-order valence-electron chi connectivity index (χ1n) is 8.59. The molecule has 146 valence electrons. The third-order valence-electron chi connectivity index (χ3n) is 4.11. The Morgan fingerprint density at radius 1 is 1.34 bits per heavy atom. The summed E-state index contributed by atoms with van der Waals surface area (Å²) in [5.41, 5.74) is 0.388. The van der Waals surface area contributed by atoms with Crippen LogP contribution >= 0.6 is 11.8 Å². The van der Waals surface area contributed by atoms with Gasteiger partial charge in [-0.2, -0.15) is 0 Å². The first kappa shape index (κ1) is 18.7. The molecule has 0 fully saturated rings. The second-order valence-corrected chi connectivity index (χ2v) is 7.01. The molecule has 3 heterocycles. The number of para-hydroxylation sites is 1. The maximum Gasteiger partial charge on any atom is 0.433 e. The predicted octanol–water partition coefficient (Wildman–Crippen LogP) is 1.59. The number of fused-ring (bicyclic) bond motifs is 2. The molecule has 1 amide bonds. The van der Waals surface area contributed by atoms with Crippen LogP contribution in [0.15, 0.2) is 69.6 Å². The van der Waals surface area contributed by atoms with Crippen molar-refractivity contribution in [3.05, 3.63) is 81.6 Å². The molecule has 0 unspecified atom stereocenters. The fraction of sp³-hybridized carbons (Fsp3) is 0.105. The van der Waals surface area contributed by atoms with Crippen LogP contribution in [0.4, 0.5) is 5.88 Å². The molecular formula is C19H15N5O4S. The van der Waals surface area contributed by atoms with Gasteiger partial charge in [0.25, 0.3) is 5.91 Å². The number of rotatable bonds is 5. The molecule has 0 aliphatic carbocycles. The quantitative estimate of drug-likeness (QED) is 0.456. The first-order valence-corrected chi connectivity index (χ1v) is 9.58. The second-order valence-electron chi connectivity index (χ2n) is 6.00. The van der Waals surface area contributed by atoms with Gasteiger partial charge in [-0.1, -0.05) is 36.0 Å².